The summed E-state index contributed by atoms with van der Waals surface area (Å²) >= 11 is 3.87. The molecule has 0 unspecified atom stereocenters. The van der Waals surface area contributed by atoms with Crippen LogP contribution in [0.4, 0.5) is 0 Å². The van der Waals surface area contributed by atoms with E-state index in [0.717, 1.165) is 13.0 Å². The Morgan fingerprint density at radius 1 is 1.71 bits per heavy atom. The maximum atomic E-state index is 10.4. The Balaban J connectivity index is 2.48. The number of nitrogens with zero attached hydrogens (tertiary/aromatic N) is 1. The number of amides is 1. The van der Waals surface area contributed by atoms with Crippen molar-refractivity contribution in [1.29, 1.82) is 0 Å². The summed E-state index contributed by atoms with van der Waals surface area (Å²) in [6.07, 6.45) is 1.66. The minimum atomic E-state index is 0.156. The first-order valence-corrected chi connectivity index (χ1v) is 2.70. The molecule has 0 spiro atoms. The minimum Gasteiger partial charge on any atom is -0.289 e. The summed E-state index contributed by atoms with van der Waals surface area (Å²) in [6, 6.07) is 0. The van der Waals surface area contributed by atoms with Crippen LogP contribution in [0.25, 0.3) is 0 Å². The number of carbonyl (C=O) groups excluding carboxylic acids is 1. The summed E-state index contributed by atoms with van der Waals surface area (Å²) in [5.41, 5.74) is 0. The summed E-state index contributed by atoms with van der Waals surface area (Å²) in [5, 5.41) is 0. The van der Waals surface area contributed by atoms with Gasteiger partial charge >= 0.3 is 0 Å². The molecule has 2 nitrogen and oxygen atoms in total. The van der Waals surface area contributed by atoms with Gasteiger partial charge in [-0.2, -0.15) is 0 Å². The molecule has 1 fully saturated rings. The third-order valence-corrected chi connectivity index (χ3v) is 1.47. The van der Waals surface area contributed by atoms with Crippen LogP contribution in [0.1, 0.15) is 12.8 Å². The molecule has 1 saturated heterocycles. The molecular weight excluding hydrogens is 110 g/mol. The van der Waals surface area contributed by atoms with Crippen molar-refractivity contribution in [3.8, 4) is 0 Å². The predicted molar refractivity (Wildman–Crippen MR) is 29.9 cm³/mol. The molecule has 0 bridgehead atoms. The molecule has 0 aromatic heterocycles. The number of carbonyl (C=O) groups is 1. The van der Waals surface area contributed by atoms with Crippen molar-refractivity contribution in [2.45, 2.75) is 12.8 Å². The zero-order valence-corrected chi connectivity index (χ0v) is 4.82. The summed E-state index contributed by atoms with van der Waals surface area (Å²) in [4.78, 5) is 10.4. The average molecular weight is 117 g/mol. The van der Waals surface area contributed by atoms with Crippen LogP contribution in [-0.2, 0) is 4.79 Å². The van der Waals surface area contributed by atoms with Gasteiger partial charge in [0.15, 0.2) is 0 Å². The molecule has 7 heavy (non-hydrogen) atoms. The van der Waals surface area contributed by atoms with Crippen LogP contribution < -0.4 is 0 Å². The Kier molecular flexibility index (Phi) is 1.23. The third-order valence-electron chi connectivity index (χ3n) is 1.05. The van der Waals surface area contributed by atoms with Crippen LogP contribution >= 0.6 is 12.8 Å². The van der Waals surface area contributed by atoms with Crippen LogP contribution in [0.2, 0.25) is 0 Å². The van der Waals surface area contributed by atoms with Gasteiger partial charge < -0.3 is 0 Å². The Morgan fingerprint density at radius 3 is 2.57 bits per heavy atom. The van der Waals surface area contributed by atoms with Crippen LogP contribution in [0.15, 0.2) is 0 Å². The van der Waals surface area contributed by atoms with E-state index in [9.17, 15) is 4.79 Å². The van der Waals surface area contributed by atoms with E-state index in [2.05, 4.69) is 12.8 Å². The summed E-state index contributed by atoms with van der Waals surface area (Å²) in [6.45, 7) is 0.821. The molecule has 0 aromatic rings. The monoisotopic (exact) mass is 117 g/mol. The molecule has 0 saturated carbocycles. The fourth-order valence-electron chi connectivity index (χ4n) is 0.634. The molecular formula is C4H7NOS. The molecule has 1 aliphatic rings. The van der Waals surface area contributed by atoms with E-state index in [-0.39, 0.29) is 5.91 Å². The van der Waals surface area contributed by atoms with E-state index < -0.39 is 0 Å². The van der Waals surface area contributed by atoms with Crippen molar-refractivity contribution < 1.29 is 4.79 Å². The Bertz CT molecular complexity index is 93.7. The zero-order valence-electron chi connectivity index (χ0n) is 3.92. The lowest BCUT2D eigenvalue weighted by Gasteiger charge is -2.01. The van der Waals surface area contributed by atoms with Crippen molar-refractivity contribution in [1.82, 2.24) is 4.31 Å². The first-order chi connectivity index (χ1) is 3.30. The Labute approximate surface area is 48.0 Å². The van der Waals surface area contributed by atoms with Crippen LogP contribution in [0, 0.1) is 0 Å². The fourth-order valence-corrected chi connectivity index (χ4v) is 0.875. The molecule has 0 radical (unpaired) electrons. The standard InChI is InChI=1S/C4H7NOS/c6-4-2-1-3-5(4)7/h7H,1-3H2. The second kappa shape index (κ2) is 1.74. The molecule has 1 aliphatic heterocycles. The molecule has 0 N–H and O–H groups in total. The van der Waals surface area contributed by atoms with E-state index in [1.807, 2.05) is 0 Å². The normalized spacial score (nSPS) is 21.3. The SMILES string of the molecule is O=C1CCCN1S. The highest BCUT2D eigenvalue weighted by Gasteiger charge is 2.15. The maximum Gasteiger partial charge on any atom is 0.232 e. The lowest BCUT2D eigenvalue weighted by Crippen LogP contribution is -2.11. The number of rotatable bonds is 0. The lowest BCUT2D eigenvalue weighted by molar-refractivity contribution is -0.123. The second-order valence-electron chi connectivity index (χ2n) is 1.62. The van der Waals surface area contributed by atoms with Gasteiger partial charge in [0.25, 0.3) is 0 Å². The molecule has 40 valence electrons. The van der Waals surface area contributed by atoms with E-state index >= 15 is 0 Å². The Morgan fingerprint density at radius 2 is 2.43 bits per heavy atom. The highest BCUT2D eigenvalue weighted by atomic mass is 32.1. The number of thiol groups is 1. The summed E-state index contributed by atoms with van der Waals surface area (Å²) in [7, 11) is 0. The minimum absolute atomic E-state index is 0.156. The van der Waals surface area contributed by atoms with Crippen molar-refractivity contribution in [3.63, 3.8) is 0 Å². The van der Waals surface area contributed by atoms with Gasteiger partial charge in [0.1, 0.15) is 0 Å². The zero-order chi connectivity index (χ0) is 5.28. The fraction of sp³-hybridized carbons (Fsp3) is 0.750. The molecule has 3 heteroatoms. The first kappa shape index (κ1) is 4.97. The summed E-state index contributed by atoms with van der Waals surface area (Å²) in [5.74, 6) is 0.156. The van der Waals surface area contributed by atoms with Crippen molar-refractivity contribution in [2.75, 3.05) is 6.54 Å². The van der Waals surface area contributed by atoms with Gasteiger partial charge in [0.2, 0.25) is 5.91 Å². The van der Waals surface area contributed by atoms with E-state index in [1.165, 1.54) is 4.31 Å². The number of hydrogen-bond acceptors (Lipinski definition) is 2. The van der Waals surface area contributed by atoms with Gasteiger partial charge in [0, 0.05) is 13.0 Å². The van der Waals surface area contributed by atoms with Crippen molar-refractivity contribution in [3.05, 3.63) is 0 Å². The van der Waals surface area contributed by atoms with Crippen molar-refractivity contribution >= 4 is 18.7 Å². The average Bonchev–Trinajstić information content (AvgIpc) is 1.91. The highest BCUT2D eigenvalue weighted by Crippen LogP contribution is 2.10. The van der Waals surface area contributed by atoms with Gasteiger partial charge in [-0.15, -0.1) is 0 Å². The first-order valence-electron chi connectivity index (χ1n) is 2.30. The predicted octanol–water partition coefficient (Wildman–Crippen LogP) is 0.454. The largest absolute Gasteiger partial charge is 0.289 e. The van der Waals surface area contributed by atoms with Crippen LogP contribution in [0.5, 0.6) is 0 Å². The molecule has 1 heterocycles. The molecule has 0 aliphatic carbocycles. The Hall–Kier alpha value is -0.180. The second-order valence-corrected chi connectivity index (χ2v) is 2.10. The van der Waals surface area contributed by atoms with E-state index in [1.54, 1.807) is 0 Å². The lowest BCUT2D eigenvalue weighted by atomic mass is 10.4. The third kappa shape index (κ3) is 0.881. The van der Waals surface area contributed by atoms with Crippen molar-refractivity contribution in [2.24, 2.45) is 0 Å². The molecule has 0 atom stereocenters. The van der Waals surface area contributed by atoms with E-state index in [4.69, 9.17) is 0 Å². The van der Waals surface area contributed by atoms with Crippen LogP contribution in [-0.4, -0.2) is 16.8 Å². The van der Waals surface area contributed by atoms with Gasteiger partial charge in [-0.1, -0.05) is 12.8 Å². The van der Waals surface area contributed by atoms with Gasteiger partial charge in [0.05, 0.1) is 0 Å². The van der Waals surface area contributed by atoms with Gasteiger partial charge in [-0.25, -0.2) is 0 Å². The summed E-state index contributed by atoms with van der Waals surface area (Å²) < 4.78 is 1.46. The van der Waals surface area contributed by atoms with Gasteiger partial charge in [-0.3, -0.25) is 9.10 Å². The molecule has 1 amide bonds. The van der Waals surface area contributed by atoms with Crippen LogP contribution in [0.3, 0.4) is 0 Å². The number of hydrogen-bond donors (Lipinski definition) is 1. The topological polar surface area (TPSA) is 20.3 Å². The smallest absolute Gasteiger partial charge is 0.232 e. The molecule has 0 aromatic carbocycles. The van der Waals surface area contributed by atoms with Gasteiger partial charge in [-0.05, 0) is 6.42 Å². The highest BCUT2D eigenvalue weighted by molar-refractivity contribution is 7.78. The van der Waals surface area contributed by atoms with E-state index in [0.29, 0.717) is 6.42 Å². The maximum absolute atomic E-state index is 10.4. The quantitative estimate of drug-likeness (QED) is 0.457. The molecule has 1 rings (SSSR count).